The lowest BCUT2D eigenvalue weighted by molar-refractivity contribution is -0.194. The molecule has 0 radical (unpaired) electrons. The van der Waals surface area contributed by atoms with Crippen LogP contribution in [0.3, 0.4) is 0 Å². The van der Waals surface area contributed by atoms with Crippen molar-refractivity contribution in [3.63, 3.8) is 0 Å². The molecule has 1 amide bonds. The van der Waals surface area contributed by atoms with Crippen molar-refractivity contribution in [1.29, 1.82) is 0 Å². The summed E-state index contributed by atoms with van der Waals surface area (Å²) in [5.74, 6) is -0.277. The smallest absolute Gasteiger partial charge is 0.233 e. The first-order valence-electron chi connectivity index (χ1n) is 7.53. The van der Waals surface area contributed by atoms with Crippen LogP contribution in [0.1, 0.15) is 11.1 Å². The van der Waals surface area contributed by atoms with Crippen molar-refractivity contribution in [2.75, 3.05) is 6.61 Å². The van der Waals surface area contributed by atoms with Gasteiger partial charge < -0.3 is 4.74 Å². The van der Waals surface area contributed by atoms with E-state index < -0.39 is 0 Å². The molecule has 1 saturated heterocycles. The molecule has 1 heterocycles. The highest BCUT2D eigenvalue weighted by atomic mass is 19.1. The lowest BCUT2D eigenvalue weighted by atomic mass is 10.0. The molecule has 0 saturated carbocycles. The van der Waals surface area contributed by atoms with E-state index in [9.17, 15) is 9.18 Å². The normalized spacial score (nSPS) is 17.5. The van der Waals surface area contributed by atoms with Crippen LogP contribution in [-0.2, 0) is 27.4 Å². The van der Waals surface area contributed by atoms with E-state index in [0.29, 0.717) is 26.0 Å². The van der Waals surface area contributed by atoms with Crippen molar-refractivity contribution in [3.05, 3.63) is 71.5 Å². The summed E-state index contributed by atoms with van der Waals surface area (Å²) in [6.07, 6.45) is 1.19. The molecule has 0 aromatic heterocycles. The van der Waals surface area contributed by atoms with Gasteiger partial charge in [-0.2, -0.15) is 0 Å². The Morgan fingerprint density at radius 3 is 2.48 bits per heavy atom. The van der Waals surface area contributed by atoms with Crippen LogP contribution in [0.4, 0.5) is 4.39 Å². The number of hydrogen-bond acceptors (Lipinski definition) is 3. The van der Waals surface area contributed by atoms with Crippen LogP contribution in [0.5, 0.6) is 0 Å². The first kappa shape index (κ1) is 15.6. The summed E-state index contributed by atoms with van der Waals surface area (Å²) < 4.78 is 18.4. The summed E-state index contributed by atoms with van der Waals surface area (Å²) >= 11 is 0. The predicted octanol–water partition coefficient (Wildman–Crippen LogP) is 2.73. The minimum atomic E-state index is -0.277. The molecular formula is C18H18FNO3. The highest BCUT2D eigenvalue weighted by molar-refractivity contribution is 5.46. The van der Waals surface area contributed by atoms with E-state index in [1.807, 2.05) is 30.3 Å². The summed E-state index contributed by atoms with van der Waals surface area (Å²) in [6, 6.07) is 15.7. The van der Waals surface area contributed by atoms with Crippen LogP contribution in [0.2, 0.25) is 0 Å². The Labute approximate surface area is 134 Å². The van der Waals surface area contributed by atoms with Gasteiger partial charge in [-0.15, -0.1) is 0 Å². The first-order valence-corrected chi connectivity index (χ1v) is 7.53. The van der Waals surface area contributed by atoms with Crippen LogP contribution >= 0.6 is 0 Å². The van der Waals surface area contributed by atoms with Gasteiger partial charge in [0.15, 0.2) is 0 Å². The number of amides is 1. The van der Waals surface area contributed by atoms with Crippen molar-refractivity contribution >= 4 is 6.41 Å². The lowest BCUT2D eigenvalue weighted by Gasteiger charge is -2.26. The fourth-order valence-electron chi connectivity index (χ4n) is 2.45. The number of hydroxylamine groups is 2. The zero-order chi connectivity index (χ0) is 16.1. The van der Waals surface area contributed by atoms with Crippen molar-refractivity contribution < 1.29 is 18.8 Å². The van der Waals surface area contributed by atoms with E-state index in [4.69, 9.17) is 9.57 Å². The Morgan fingerprint density at radius 2 is 1.87 bits per heavy atom. The summed E-state index contributed by atoms with van der Waals surface area (Å²) in [4.78, 5) is 17.1. The predicted molar refractivity (Wildman–Crippen MR) is 82.8 cm³/mol. The van der Waals surface area contributed by atoms with E-state index >= 15 is 0 Å². The molecule has 0 aliphatic carbocycles. The third-order valence-corrected chi connectivity index (χ3v) is 3.80. The van der Waals surface area contributed by atoms with E-state index in [2.05, 4.69) is 0 Å². The molecule has 1 aliphatic heterocycles. The Bertz CT molecular complexity index is 628. The average Bonchev–Trinajstić information content (AvgIpc) is 3.42. The minimum Gasteiger partial charge on any atom is -0.371 e. The molecule has 3 rings (SSSR count). The maximum absolute atomic E-state index is 13.0. The van der Waals surface area contributed by atoms with Crippen molar-refractivity contribution in [2.24, 2.45) is 0 Å². The van der Waals surface area contributed by atoms with E-state index in [0.717, 1.165) is 11.1 Å². The highest BCUT2D eigenvalue weighted by Gasteiger charge is 2.37. The maximum atomic E-state index is 13.0. The van der Waals surface area contributed by atoms with Gasteiger partial charge in [0.05, 0.1) is 12.6 Å². The molecule has 2 atom stereocenters. The molecule has 0 bridgehead atoms. The summed E-state index contributed by atoms with van der Waals surface area (Å²) in [5, 5.41) is 1.31. The SMILES string of the molecule is O=CN(OCc1ccccc1)C(Cc1ccc(F)cc1)C1CO1. The van der Waals surface area contributed by atoms with Gasteiger partial charge in [-0.3, -0.25) is 9.63 Å². The van der Waals surface area contributed by atoms with E-state index in [1.165, 1.54) is 17.2 Å². The largest absolute Gasteiger partial charge is 0.371 e. The van der Waals surface area contributed by atoms with Gasteiger partial charge in [-0.25, -0.2) is 9.45 Å². The second-order valence-electron chi connectivity index (χ2n) is 5.49. The third-order valence-electron chi connectivity index (χ3n) is 3.80. The van der Waals surface area contributed by atoms with E-state index in [1.54, 1.807) is 12.1 Å². The zero-order valence-electron chi connectivity index (χ0n) is 12.6. The topological polar surface area (TPSA) is 42.1 Å². The standard InChI is InChI=1S/C18H18FNO3/c19-16-8-6-14(7-9-16)10-17(18-12-22-18)20(13-21)23-11-15-4-2-1-3-5-15/h1-9,13,17-18H,10-12H2. The summed E-state index contributed by atoms with van der Waals surface area (Å²) in [5.41, 5.74) is 1.92. The molecule has 4 nitrogen and oxygen atoms in total. The van der Waals surface area contributed by atoms with Gasteiger partial charge in [0.1, 0.15) is 18.5 Å². The number of benzene rings is 2. The van der Waals surface area contributed by atoms with Gasteiger partial charge in [0, 0.05) is 0 Å². The van der Waals surface area contributed by atoms with Crippen LogP contribution in [0, 0.1) is 5.82 Å². The van der Waals surface area contributed by atoms with E-state index in [-0.39, 0.29) is 18.0 Å². The lowest BCUT2D eigenvalue weighted by Crippen LogP contribution is -2.40. The Hall–Kier alpha value is -2.24. The number of nitrogens with zero attached hydrogens (tertiary/aromatic N) is 1. The van der Waals surface area contributed by atoms with Gasteiger partial charge >= 0.3 is 0 Å². The van der Waals surface area contributed by atoms with Gasteiger partial charge in [-0.1, -0.05) is 42.5 Å². The fourth-order valence-corrected chi connectivity index (χ4v) is 2.45. The van der Waals surface area contributed by atoms with Crippen molar-refractivity contribution in [1.82, 2.24) is 5.06 Å². The molecule has 0 N–H and O–H groups in total. The second kappa shape index (κ2) is 7.35. The summed E-state index contributed by atoms with van der Waals surface area (Å²) in [7, 11) is 0. The molecule has 2 aromatic rings. The van der Waals surface area contributed by atoms with Crippen LogP contribution < -0.4 is 0 Å². The zero-order valence-corrected chi connectivity index (χ0v) is 12.6. The van der Waals surface area contributed by atoms with Crippen LogP contribution in [0.25, 0.3) is 0 Å². The quantitative estimate of drug-likeness (QED) is 0.427. The Balaban J connectivity index is 1.65. The molecule has 1 aliphatic rings. The molecule has 2 aromatic carbocycles. The number of ether oxygens (including phenoxy) is 1. The molecule has 5 heteroatoms. The molecule has 23 heavy (non-hydrogen) atoms. The highest BCUT2D eigenvalue weighted by Crippen LogP contribution is 2.23. The number of halogens is 1. The third kappa shape index (κ3) is 4.37. The number of rotatable bonds is 8. The maximum Gasteiger partial charge on any atom is 0.233 e. The van der Waals surface area contributed by atoms with Crippen molar-refractivity contribution in [2.45, 2.75) is 25.2 Å². The van der Waals surface area contributed by atoms with Crippen molar-refractivity contribution in [3.8, 4) is 0 Å². The van der Waals surface area contributed by atoms with Gasteiger partial charge in [-0.05, 0) is 29.7 Å². The number of carbonyl (C=O) groups is 1. The Kier molecular flexibility index (Phi) is 5.00. The molecule has 0 spiro atoms. The average molecular weight is 315 g/mol. The number of hydrogen-bond donors (Lipinski definition) is 0. The molecular weight excluding hydrogens is 297 g/mol. The molecule has 2 unspecified atom stereocenters. The molecule has 120 valence electrons. The minimum absolute atomic E-state index is 0.0407. The first-order chi connectivity index (χ1) is 11.3. The number of epoxide rings is 1. The fraction of sp³-hybridized carbons (Fsp3) is 0.278. The monoisotopic (exact) mass is 315 g/mol. The van der Waals surface area contributed by atoms with Gasteiger partial charge in [0.25, 0.3) is 0 Å². The molecule has 1 fully saturated rings. The van der Waals surface area contributed by atoms with Crippen LogP contribution in [0.15, 0.2) is 54.6 Å². The van der Waals surface area contributed by atoms with Gasteiger partial charge in [0.2, 0.25) is 6.41 Å². The van der Waals surface area contributed by atoms with Crippen LogP contribution in [-0.4, -0.2) is 30.2 Å². The Morgan fingerprint density at radius 1 is 1.17 bits per heavy atom. The second-order valence-corrected chi connectivity index (χ2v) is 5.49. The number of carbonyl (C=O) groups excluding carboxylic acids is 1. The summed E-state index contributed by atoms with van der Waals surface area (Å²) in [6.45, 7) is 0.914.